The molecule has 0 fully saturated rings. The fraction of sp³-hybridized carbons (Fsp3) is 0.455. The molecule has 2 unspecified atom stereocenters. The van der Waals surface area contributed by atoms with E-state index in [9.17, 15) is 4.39 Å². The van der Waals surface area contributed by atoms with Crippen LogP contribution in [-0.2, 0) is 0 Å². The molecule has 2 atom stereocenters. The quantitative estimate of drug-likeness (QED) is 0.823. The Balaban J connectivity index is 2.99. The van der Waals surface area contributed by atoms with Gasteiger partial charge in [-0.25, -0.2) is 4.39 Å². The number of hydrogen-bond donors (Lipinski definition) is 1. The van der Waals surface area contributed by atoms with Gasteiger partial charge in [0.2, 0.25) is 0 Å². The highest BCUT2D eigenvalue weighted by molar-refractivity contribution is 6.31. The average Bonchev–Trinajstić information content (AvgIpc) is 2.19. The lowest BCUT2D eigenvalue weighted by Gasteiger charge is -2.19. The minimum absolute atomic E-state index is 0.0225. The molecule has 0 amide bonds. The Morgan fingerprint density at radius 2 is 2.14 bits per heavy atom. The Morgan fingerprint density at radius 1 is 1.50 bits per heavy atom. The number of rotatable bonds is 3. The maximum absolute atomic E-state index is 13.0. The van der Waals surface area contributed by atoms with Gasteiger partial charge in [-0.05, 0) is 36.1 Å². The van der Waals surface area contributed by atoms with Crippen LogP contribution in [0.25, 0.3) is 0 Å². The van der Waals surface area contributed by atoms with E-state index >= 15 is 0 Å². The summed E-state index contributed by atoms with van der Waals surface area (Å²) < 4.78 is 13.0. The van der Waals surface area contributed by atoms with Crippen LogP contribution in [0, 0.1) is 5.82 Å². The maximum atomic E-state index is 13.0. The van der Waals surface area contributed by atoms with Crippen LogP contribution in [-0.4, -0.2) is 6.04 Å². The van der Waals surface area contributed by atoms with Crippen LogP contribution >= 0.6 is 11.6 Å². The van der Waals surface area contributed by atoms with Gasteiger partial charge in [-0.2, -0.15) is 0 Å². The average molecular weight is 216 g/mol. The first-order valence-corrected chi connectivity index (χ1v) is 5.14. The monoisotopic (exact) mass is 215 g/mol. The zero-order valence-corrected chi connectivity index (χ0v) is 9.18. The minimum Gasteiger partial charge on any atom is -0.327 e. The molecule has 0 bridgehead atoms. The van der Waals surface area contributed by atoms with Gasteiger partial charge < -0.3 is 5.73 Å². The summed E-state index contributed by atoms with van der Waals surface area (Å²) in [7, 11) is 0. The van der Waals surface area contributed by atoms with Gasteiger partial charge in [0.25, 0.3) is 0 Å². The van der Waals surface area contributed by atoms with E-state index in [-0.39, 0.29) is 17.8 Å². The van der Waals surface area contributed by atoms with E-state index in [1.54, 1.807) is 6.07 Å². The van der Waals surface area contributed by atoms with Crippen molar-refractivity contribution in [1.29, 1.82) is 0 Å². The van der Waals surface area contributed by atoms with Gasteiger partial charge in [-0.1, -0.05) is 25.4 Å². The lowest BCUT2D eigenvalue weighted by Crippen LogP contribution is -2.25. The van der Waals surface area contributed by atoms with Crippen molar-refractivity contribution in [2.24, 2.45) is 5.73 Å². The van der Waals surface area contributed by atoms with Crippen LogP contribution in [0.15, 0.2) is 18.2 Å². The number of benzene rings is 1. The van der Waals surface area contributed by atoms with Crippen LogP contribution < -0.4 is 5.73 Å². The summed E-state index contributed by atoms with van der Waals surface area (Å²) in [5.74, 6) is -0.178. The van der Waals surface area contributed by atoms with Crippen LogP contribution in [0.5, 0.6) is 0 Å². The highest BCUT2D eigenvalue weighted by atomic mass is 35.5. The van der Waals surface area contributed by atoms with Gasteiger partial charge in [0.15, 0.2) is 0 Å². The molecule has 0 saturated heterocycles. The molecule has 1 aromatic carbocycles. The van der Waals surface area contributed by atoms with E-state index in [1.165, 1.54) is 12.1 Å². The standard InChI is InChI=1S/C11H15ClFN/c1-3-11(14)7(2)9-6-8(13)4-5-10(9)12/h4-7,11H,3,14H2,1-2H3. The van der Waals surface area contributed by atoms with Gasteiger partial charge in [-0.15, -0.1) is 0 Å². The molecule has 1 aromatic rings. The summed E-state index contributed by atoms with van der Waals surface area (Å²) in [6, 6.07) is 4.42. The molecule has 0 radical (unpaired) electrons. The lowest BCUT2D eigenvalue weighted by molar-refractivity contribution is 0.546. The first-order chi connectivity index (χ1) is 6.56. The molecule has 78 valence electrons. The molecule has 2 N–H and O–H groups in total. The Morgan fingerprint density at radius 3 is 2.71 bits per heavy atom. The molecule has 0 aromatic heterocycles. The van der Waals surface area contributed by atoms with Crippen molar-refractivity contribution in [1.82, 2.24) is 0 Å². The van der Waals surface area contributed by atoms with Gasteiger partial charge in [0.05, 0.1) is 0 Å². The molecule has 3 heteroatoms. The normalized spacial score (nSPS) is 15.2. The van der Waals surface area contributed by atoms with E-state index in [1.807, 2.05) is 13.8 Å². The van der Waals surface area contributed by atoms with Crippen LogP contribution in [0.1, 0.15) is 31.7 Å². The number of nitrogens with two attached hydrogens (primary N) is 1. The van der Waals surface area contributed by atoms with E-state index in [4.69, 9.17) is 17.3 Å². The number of halogens is 2. The van der Waals surface area contributed by atoms with Crippen molar-refractivity contribution in [2.75, 3.05) is 0 Å². The summed E-state index contributed by atoms with van der Waals surface area (Å²) in [6.45, 7) is 3.98. The van der Waals surface area contributed by atoms with Crippen molar-refractivity contribution < 1.29 is 4.39 Å². The van der Waals surface area contributed by atoms with Crippen molar-refractivity contribution in [3.05, 3.63) is 34.6 Å². The molecular formula is C11H15ClFN. The van der Waals surface area contributed by atoms with Gasteiger partial charge in [0.1, 0.15) is 5.82 Å². The molecule has 0 aliphatic carbocycles. The lowest BCUT2D eigenvalue weighted by atomic mass is 9.92. The Labute approximate surface area is 89.1 Å². The van der Waals surface area contributed by atoms with E-state index in [0.717, 1.165) is 12.0 Å². The third-order valence-corrected chi connectivity index (χ3v) is 2.91. The van der Waals surface area contributed by atoms with Crippen LogP contribution in [0.2, 0.25) is 5.02 Å². The van der Waals surface area contributed by atoms with Gasteiger partial charge in [-0.3, -0.25) is 0 Å². The predicted molar refractivity (Wildman–Crippen MR) is 58.1 cm³/mol. The van der Waals surface area contributed by atoms with Crippen molar-refractivity contribution >= 4 is 11.6 Å². The summed E-state index contributed by atoms with van der Waals surface area (Å²) in [6.07, 6.45) is 0.855. The SMILES string of the molecule is CCC(N)C(C)c1cc(F)ccc1Cl. The highest BCUT2D eigenvalue weighted by Crippen LogP contribution is 2.27. The third kappa shape index (κ3) is 2.46. The smallest absolute Gasteiger partial charge is 0.123 e. The first kappa shape index (κ1) is 11.5. The fourth-order valence-corrected chi connectivity index (χ4v) is 1.74. The topological polar surface area (TPSA) is 26.0 Å². The molecular weight excluding hydrogens is 201 g/mol. The third-order valence-electron chi connectivity index (χ3n) is 2.56. The van der Waals surface area contributed by atoms with Crippen molar-refractivity contribution in [3.8, 4) is 0 Å². The minimum atomic E-state index is -0.264. The zero-order chi connectivity index (χ0) is 10.7. The summed E-state index contributed by atoms with van der Waals surface area (Å²) >= 11 is 5.97. The van der Waals surface area contributed by atoms with Crippen molar-refractivity contribution in [3.63, 3.8) is 0 Å². The molecule has 0 saturated carbocycles. The summed E-state index contributed by atoms with van der Waals surface area (Å²) in [4.78, 5) is 0. The number of hydrogen-bond acceptors (Lipinski definition) is 1. The second kappa shape index (κ2) is 4.76. The van der Waals surface area contributed by atoms with Crippen molar-refractivity contribution in [2.45, 2.75) is 32.2 Å². The van der Waals surface area contributed by atoms with Crippen LogP contribution in [0.4, 0.5) is 4.39 Å². The maximum Gasteiger partial charge on any atom is 0.123 e. The molecule has 0 heterocycles. The molecule has 1 nitrogen and oxygen atoms in total. The Kier molecular flexibility index (Phi) is 3.90. The largest absolute Gasteiger partial charge is 0.327 e. The Bertz CT molecular complexity index is 314. The predicted octanol–water partition coefficient (Wildman–Crippen LogP) is 3.32. The highest BCUT2D eigenvalue weighted by Gasteiger charge is 2.16. The Hall–Kier alpha value is -0.600. The second-order valence-corrected chi connectivity index (χ2v) is 3.93. The molecule has 0 spiro atoms. The summed E-state index contributed by atoms with van der Waals surface area (Å²) in [5, 5.41) is 0.586. The summed E-state index contributed by atoms with van der Waals surface area (Å²) in [5.41, 5.74) is 6.68. The van der Waals surface area contributed by atoms with E-state index in [2.05, 4.69) is 0 Å². The first-order valence-electron chi connectivity index (χ1n) is 4.76. The molecule has 0 aliphatic rings. The van der Waals surface area contributed by atoms with E-state index in [0.29, 0.717) is 5.02 Å². The zero-order valence-electron chi connectivity index (χ0n) is 8.43. The van der Waals surface area contributed by atoms with Crippen LogP contribution in [0.3, 0.4) is 0 Å². The second-order valence-electron chi connectivity index (χ2n) is 3.53. The molecule has 14 heavy (non-hydrogen) atoms. The fourth-order valence-electron chi connectivity index (χ4n) is 1.45. The van der Waals surface area contributed by atoms with E-state index < -0.39 is 0 Å². The molecule has 1 rings (SSSR count). The van der Waals surface area contributed by atoms with Gasteiger partial charge >= 0.3 is 0 Å². The molecule has 0 aliphatic heterocycles. The van der Waals surface area contributed by atoms with Gasteiger partial charge in [0, 0.05) is 11.1 Å².